The van der Waals surface area contributed by atoms with E-state index in [1.165, 1.54) is 0 Å². The molecule has 2 aromatic carbocycles. The first-order valence-electron chi connectivity index (χ1n) is 10.9. The van der Waals surface area contributed by atoms with E-state index in [0.717, 1.165) is 16.7 Å². The fourth-order valence-corrected chi connectivity index (χ4v) is 4.66. The van der Waals surface area contributed by atoms with Crippen LogP contribution in [0, 0.1) is 11.8 Å². The fourth-order valence-electron chi connectivity index (χ4n) is 4.66. The molecule has 2 aliphatic heterocycles. The topological polar surface area (TPSA) is 64.1 Å². The van der Waals surface area contributed by atoms with E-state index < -0.39 is 0 Å². The highest BCUT2D eigenvalue weighted by Gasteiger charge is 2.54. The molecule has 2 aromatic rings. The summed E-state index contributed by atoms with van der Waals surface area (Å²) in [5.74, 6) is 6.15. The number of aliphatic hydroxyl groups excluding tert-OH is 1. The largest absolute Gasteiger partial charge is 0.394 e. The third kappa shape index (κ3) is 4.55. The smallest absolute Gasteiger partial charge is 0.242 e. The number of aliphatic hydroxyl groups is 1. The summed E-state index contributed by atoms with van der Waals surface area (Å²) in [4.78, 5) is 31.1. The van der Waals surface area contributed by atoms with Gasteiger partial charge in [-0.2, -0.15) is 0 Å². The molecule has 0 spiro atoms. The number of fused-ring (bicyclic) bond motifs is 1. The molecule has 4 rings (SSSR count). The number of piperazine rings is 1. The van der Waals surface area contributed by atoms with Crippen LogP contribution in [0.1, 0.15) is 22.6 Å². The number of nitrogens with zero attached hydrogens (tertiary/aromatic N) is 3. The molecule has 0 bridgehead atoms. The maximum absolute atomic E-state index is 12.9. The van der Waals surface area contributed by atoms with Gasteiger partial charge in [-0.25, -0.2) is 0 Å². The first kappa shape index (κ1) is 22.1. The summed E-state index contributed by atoms with van der Waals surface area (Å²) in [6.45, 7) is 1.17. The molecule has 2 saturated heterocycles. The van der Waals surface area contributed by atoms with Crippen molar-refractivity contribution in [1.29, 1.82) is 0 Å². The fraction of sp³-hybridized carbons (Fsp3) is 0.385. The lowest BCUT2D eigenvalue weighted by Gasteiger charge is -2.58. The van der Waals surface area contributed by atoms with Crippen LogP contribution < -0.4 is 0 Å². The van der Waals surface area contributed by atoms with Gasteiger partial charge in [0, 0.05) is 18.0 Å². The number of amides is 2. The van der Waals surface area contributed by atoms with Crippen molar-refractivity contribution in [3.63, 3.8) is 0 Å². The van der Waals surface area contributed by atoms with Crippen molar-refractivity contribution in [2.75, 3.05) is 40.3 Å². The van der Waals surface area contributed by atoms with Crippen LogP contribution in [0.5, 0.6) is 0 Å². The average Bonchev–Trinajstić information content (AvgIpc) is 2.76. The molecule has 1 N–H and O–H groups in total. The predicted octanol–water partition coefficient (Wildman–Crippen LogP) is 1.34. The Morgan fingerprint density at radius 2 is 1.84 bits per heavy atom. The molecule has 2 fully saturated rings. The minimum Gasteiger partial charge on any atom is -0.394 e. The molecule has 0 aliphatic carbocycles. The van der Waals surface area contributed by atoms with Gasteiger partial charge >= 0.3 is 0 Å². The van der Waals surface area contributed by atoms with Gasteiger partial charge in [-0.1, -0.05) is 54.3 Å². The summed E-state index contributed by atoms with van der Waals surface area (Å²) in [5.41, 5.74) is 2.94. The molecule has 3 atom stereocenters. The molecular formula is C26H29N3O3. The summed E-state index contributed by atoms with van der Waals surface area (Å²) < 4.78 is 0. The lowest BCUT2D eigenvalue weighted by molar-refractivity contribution is -0.166. The minimum absolute atomic E-state index is 0.0000552. The number of hydrogen-bond acceptors (Lipinski definition) is 4. The summed E-state index contributed by atoms with van der Waals surface area (Å²) in [5, 5.41) is 9.97. The zero-order valence-corrected chi connectivity index (χ0v) is 18.6. The Kier molecular flexibility index (Phi) is 6.59. The number of carbonyl (C=O) groups excluding carboxylic acids is 2. The predicted molar refractivity (Wildman–Crippen MR) is 123 cm³/mol. The summed E-state index contributed by atoms with van der Waals surface area (Å²) in [7, 11) is 3.96. The van der Waals surface area contributed by atoms with E-state index in [1.807, 2.05) is 73.6 Å². The van der Waals surface area contributed by atoms with Gasteiger partial charge in [0.25, 0.3) is 0 Å². The van der Waals surface area contributed by atoms with Gasteiger partial charge in [-0.3, -0.25) is 14.5 Å². The monoisotopic (exact) mass is 431 g/mol. The number of hydrogen-bond donors (Lipinski definition) is 1. The zero-order chi connectivity index (χ0) is 22.7. The van der Waals surface area contributed by atoms with Crippen LogP contribution >= 0.6 is 0 Å². The molecular weight excluding hydrogens is 402 g/mol. The van der Waals surface area contributed by atoms with Crippen LogP contribution in [-0.4, -0.2) is 84.0 Å². The van der Waals surface area contributed by atoms with E-state index >= 15 is 0 Å². The van der Waals surface area contributed by atoms with Gasteiger partial charge in [0.1, 0.15) is 0 Å². The third-order valence-corrected chi connectivity index (χ3v) is 6.23. The molecule has 0 aromatic heterocycles. The minimum atomic E-state index is -0.246. The standard InChI is InChI=1S/C26H29N3O3/c1-27(2)14-6-9-19-10-12-21(13-11-19)26-22-16-28(17-25(32)29(22)23(26)18-30)24(31)15-20-7-4-3-5-8-20/h3-5,7-8,10-13,22-23,26,30H,14-18H2,1-2H3/t22-,23+,26-/m1/s1. The van der Waals surface area contributed by atoms with Crippen LogP contribution in [0.2, 0.25) is 0 Å². The molecule has 0 saturated carbocycles. The molecule has 6 nitrogen and oxygen atoms in total. The highest BCUT2D eigenvalue weighted by Crippen LogP contribution is 2.42. The molecule has 0 unspecified atom stereocenters. The lowest BCUT2D eigenvalue weighted by Crippen LogP contribution is -2.73. The van der Waals surface area contributed by atoms with Crippen molar-refractivity contribution in [2.24, 2.45) is 0 Å². The maximum atomic E-state index is 12.9. The van der Waals surface area contributed by atoms with E-state index in [-0.39, 0.29) is 49.4 Å². The molecule has 2 heterocycles. The molecule has 6 heteroatoms. The van der Waals surface area contributed by atoms with E-state index in [1.54, 1.807) is 9.80 Å². The summed E-state index contributed by atoms with van der Waals surface area (Å²) in [6, 6.07) is 17.3. The third-order valence-electron chi connectivity index (χ3n) is 6.23. The number of carbonyl (C=O) groups is 2. The van der Waals surface area contributed by atoms with Gasteiger partial charge in [0.05, 0.1) is 38.2 Å². The quantitative estimate of drug-likeness (QED) is 0.726. The molecule has 2 aliphatic rings. The first-order valence-corrected chi connectivity index (χ1v) is 10.9. The number of benzene rings is 2. The highest BCUT2D eigenvalue weighted by atomic mass is 16.3. The first-order chi connectivity index (χ1) is 15.5. The Balaban J connectivity index is 1.48. The van der Waals surface area contributed by atoms with E-state index in [2.05, 4.69) is 11.8 Å². The Morgan fingerprint density at radius 3 is 2.50 bits per heavy atom. The second-order valence-corrected chi connectivity index (χ2v) is 8.74. The van der Waals surface area contributed by atoms with Crippen molar-refractivity contribution < 1.29 is 14.7 Å². The van der Waals surface area contributed by atoms with Crippen LogP contribution in [0.25, 0.3) is 0 Å². The van der Waals surface area contributed by atoms with E-state index in [9.17, 15) is 14.7 Å². The molecule has 0 radical (unpaired) electrons. The maximum Gasteiger partial charge on any atom is 0.242 e. The molecule has 2 amide bonds. The lowest BCUT2D eigenvalue weighted by atomic mass is 9.73. The Labute approximate surface area is 189 Å². The second kappa shape index (κ2) is 9.56. The van der Waals surface area contributed by atoms with Crippen LogP contribution in [0.4, 0.5) is 0 Å². The zero-order valence-electron chi connectivity index (χ0n) is 18.6. The van der Waals surface area contributed by atoms with Crippen LogP contribution in [0.15, 0.2) is 54.6 Å². The van der Waals surface area contributed by atoms with Crippen molar-refractivity contribution in [2.45, 2.75) is 24.4 Å². The Hall–Kier alpha value is -3.14. The SMILES string of the molecule is CN(C)CC#Cc1ccc([C@@H]2[C@H]3CN(C(=O)Cc4ccccc4)CC(=O)N3[C@H]2CO)cc1. The van der Waals surface area contributed by atoms with Gasteiger partial charge < -0.3 is 14.9 Å². The van der Waals surface area contributed by atoms with Crippen LogP contribution in [-0.2, 0) is 16.0 Å². The summed E-state index contributed by atoms with van der Waals surface area (Å²) >= 11 is 0. The van der Waals surface area contributed by atoms with E-state index in [0.29, 0.717) is 13.1 Å². The van der Waals surface area contributed by atoms with Crippen molar-refractivity contribution in [1.82, 2.24) is 14.7 Å². The number of rotatable bonds is 5. The van der Waals surface area contributed by atoms with Gasteiger partial charge in [-0.15, -0.1) is 0 Å². The van der Waals surface area contributed by atoms with Gasteiger partial charge in [0.2, 0.25) is 11.8 Å². The van der Waals surface area contributed by atoms with Crippen molar-refractivity contribution in [3.05, 3.63) is 71.3 Å². The second-order valence-electron chi connectivity index (χ2n) is 8.74. The molecule has 166 valence electrons. The summed E-state index contributed by atoms with van der Waals surface area (Å²) in [6.07, 6.45) is 0.287. The molecule has 32 heavy (non-hydrogen) atoms. The van der Waals surface area contributed by atoms with E-state index in [4.69, 9.17) is 0 Å². The normalized spacial score (nSPS) is 22.1. The van der Waals surface area contributed by atoms with Crippen LogP contribution in [0.3, 0.4) is 0 Å². The van der Waals surface area contributed by atoms with Gasteiger partial charge in [-0.05, 0) is 37.4 Å². The Bertz CT molecular complexity index is 1020. The Morgan fingerprint density at radius 1 is 1.12 bits per heavy atom. The van der Waals surface area contributed by atoms with Crippen molar-refractivity contribution >= 4 is 11.8 Å². The highest BCUT2D eigenvalue weighted by molar-refractivity contribution is 5.88. The van der Waals surface area contributed by atoms with Crippen molar-refractivity contribution in [3.8, 4) is 11.8 Å². The average molecular weight is 432 g/mol. The van der Waals surface area contributed by atoms with Gasteiger partial charge in [0.15, 0.2) is 0 Å².